The minimum Gasteiger partial charge on any atom is -0.497 e. The van der Waals surface area contributed by atoms with E-state index in [4.69, 9.17) is 9.84 Å². The molecule has 9 heteroatoms. The summed E-state index contributed by atoms with van der Waals surface area (Å²) in [5, 5.41) is 12.5. The second-order valence-corrected chi connectivity index (χ2v) is 9.57. The molecule has 1 fully saturated rings. The molecule has 0 aliphatic carbocycles. The van der Waals surface area contributed by atoms with Crippen molar-refractivity contribution in [2.75, 3.05) is 52.3 Å². The first-order valence-electron chi connectivity index (χ1n) is 12.3. The highest BCUT2D eigenvalue weighted by atomic mass is 16.5. The Morgan fingerprint density at radius 2 is 1.78 bits per heavy atom. The summed E-state index contributed by atoms with van der Waals surface area (Å²) in [6, 6.07) is 11.4. The Labute approximate surface area is 211 Å². The number of carboxylic acid groups (broad SMARTS) is 1. The van der Waals surface area contributed by atoms with Crippen molar-refractivity contribution in [2.24, 2.45) is 0 Å². The van der Waals surface area contributed by atoms with Crippen LogP contribution in [0, 0.1) is 0 Å². The summed E-state index contributed by atoms with van der Waals surface area (Å²) in [6.07, 6.45) is 0.835. The number of carbonyl (C=O) groups excluding carboxylic acids is 2. The maximum absolute atomic E-state index is 13.4. The van der Waals surface area contributed by atoms with Gasteiger partial charge in [-0.2, -0.15) is 0 Å². The second kappa shape index (κ2) is 11.1. The lowest BCUT2D eigenvalue weighted by Gasteiger charge is -2.29. The van der Waals surface area contributed by atoms with Crippen molar-refractivity contribution < 1.29 is 24.2 Å². The smallest absolute Gasteiger partial charge is 0.407 e. The molecule has 0 unspecified atom stereocenters. The highest BCUT2D eigenvalue weighted by Gasteiger charge is 2.40. The molecule has 0 aromatic heterocycles. The van der Waals surface area contributed by atoms with Crippen LogP contribution in [0.2, 0.25) is 0 Å². The SMILES string of the molecule is COc1ccc(CN2C(=O)C(=O)c3c2ccc(CN(C)CCN(C)C(=O)O)c3C2CCNCC2)cc1. The summed E-state index contributed by atoms with van der Waals surface area (Å²) in [4.78, 5) is 42.6. The minimum absolute atomic E-state index is 0.184. The van der Waals surface area contributed by atoms with Crippen molar-refractivity contribution in [2.45, 2.75) is 31.8 Å². The fraction of sp³-hybridized carbons (Fsp3) is 0.444. The molecule has 192 valence electrons. The highest BCUT2D eigenvalue weighted by molar-refractivity contribution is 6.52. The summed E-state index contributed by atoms with van der Waals surface area (Å²) in [5.41, 5.74) is 4.12. The van der Waals surface area contributed by atoms with Gasteiger partial charge in [-0.25, -0.2) is 4.79 Å². The normalized spacial score (nSPS) is 15.9. The summed E-state index contributed by atoms with van der Waals surface area (Å²) < 4.78 is 5.23. The molecule has 2 aromatic carbocycles. The van der Waals surface area contributed by atoms with Crippen molar-refractivity contribution >= 4 is 23.5 Å². The first kappa shape index (κ1) is 25.7. The van der Waals surface area contributed by atoms with Crippen LogP contribution in [0.15, 0.2) is 36.4 Å². The van der Waals surface area contributed by atoms with Gasteiger partial charge in [0.1, 0.15) is 5.75 Å². The van der Waals surface area contributed by atoms with Gasteiger partial charge in [0, 0.05) is 26.7 Å². The van der Waals surface area contributed by atoms with E-state index in [1.165, 1.54) is 4.90 Å². The lowest BCUT2D eigenvalue weighted by atomic mass is 9.82. The van der Waals surface area contributed by atoms with E-state index < -0.39 is 17.8 Å². The van der Waals surface area contributed by atoms with Gasteiger partial charge in [0.15, 0.2) is 0 Å². The summed E-state index contributed by atoms with van der Waals surface area (Å²) in [6.45, 7) is 3.55. The average Bonchev–Trinajstić information content (AvgIpc) is 3.12. The van der Waals surface area contributed by atoms with E-state index in [1.54, 1.807) is 19.1 Å². The topological polar surface area (TPSA) is 102 Å². The zero-order valence-electron chi connectivity index (χ0n) is 21.1. The number of rotatable bonds is 9. The highest BCUT2D eigenvalue weighted by Crippen LogP contribution is 2.41. The maximum Gasteiger partial charge on any atom is 0.407 e. The number of amides is 2. The zero-order valence-corrected chi connectivity index (χ0v) is 21.1. The van der Waals surface area contributed by atoms with Crippen molar-refractivity contribution in [1.29, 1.82) is 0 Å². The van der Waals surface area contributed by atoms with Gasteiger partial charge in [0.2, 0.25) is 0 Å². The van der Waals surface area contributed by atoms with E-state index in [9.17, 15) is 14.4 Å². The Kier molecular flexibility index (Phi) is 7.91. The van der Waals surface area contributed by atoms with Gasteiger partial charge in [-0.15, -0.1) is 0 Å². The van der Waals surface area contributed by atoms with Crippen LogP contribution in [0.25, 0.3) is 0 Å². The van der Waals surface area contributed by atoms with E-state index in [-0.39, 0.29) is 5.92 Å². The lowest BCUT2D eigenvalue weighted by molar-refractivity contribution is -0.114. The number of nitrogens with zero attached hydrogens (tertiary/aromatic N) is 3. The average molecular weight is 495 g/mol. The molecule has 2 aliphatic heterocycles. The van der Waals surface area contributed by atoms with Crippen LogP contribution in [-0.2, 0) is 17.9 Å². The van der Waals surface area contributed by atoms with Crippen molar-refractivity contribution in [3.05, 3.63) is 58.7 Å². The third-order valence-electron chi connectivity index (χ3n) is 7.10. The number of carbonyl (C=O) groups is 3. The molecule has 2 amide bonds. The van der Waals surface area contributed by atoms with Crippen LogP contribution < -0.4 is 15.0 Å². The van der Waals surface area contributed by atoms with Gasteiger partial charge in [-0.05, 0) is 73.8 Å². The molecule has 0 atom stereocenters. The minimum atomic E-state index is -0.961. The Morgan fingerprint density at radius 3 is 2.42 bits per heavy atom. The molecule has 2 heterocycles. The molecule has 2 aromatic rings. The van der Waals surface area contributed by atoms with Crippen molar-refractivity contribution in [3.8, 4) is 5.75 Å². The van der Waals surface area contributed by atoms with Crippen molar-refractivity contribution in [3.63, 3.8) is 0 Å². The molecule has 0 spiro atoms. The second-order valence-electron chi connectivity index (χ2n) is 9.57. The Hall–Kier alpha value is -3.43. The molecule has 9 nitrogen and oxygen atoms in total. The van der Waals surface area contributed by atoms with E-state index >= 15 is 0 Å². The monoisotopic (exact) mass is 494 g/mol. The van der Waals surface area contributed by atoms with Crippen LogP contribution in [0.1, 0.15) is 45.8 Å². The number of ether oxygens (including phenoxy) is 1. The van der Waals surface area contributed by atoms with Gasteiger partial charge in [0.05, 0.1) is 24.9 Å². The number of benzene rings is 2. The summed E-state index contributed by atoms with van der Waals surface area (Å²) >= 11 is 0. The number of Topliss-reactive ketones (excluding diaryl/α,β-unsaturated/α-hetero) is 1. The number of ketones is 1. The quantitative estimate of drug-likeness (QED) is 0.517. The first-order chi connectivity index (χ1) is 17.3. The number of hydrogen-bond donors (Lipinski definition) is 2. The van der Waals surface area contributed by atoms with Gasteiger partial charge in [-0.3, -0.25) is 9.59 Å². The van der Waals surface area contributed by atoms with Crippen LogP contribution in [0.5, 0.6) is 5.75 Å². The number of anilines is 1. The molecule has 4 rings (SSSR count). The molecular weight excluding hydrogens is 460 g/mol. The largest absolute Gasteiger partial charge is 0.497 e. The van der Waals surface area contributed by atoms with Crippen LogP contribution in [0.4, 0.5) is 10.5 Å². The zero-order chi connectivity index (χ0) is 25.8. The van der Waals surface area contributed by atoms with Crippen LogP contribution in [0.3, 0.4) is 0 Å². The summed E-state index contributed by atoms with van der Waals surface area (Å²) in [5.74, 6) is -0.0183. The molecular formula is C27H34N4O5. The number of fused-ring (bicyclic) bond motifs is 1. The maximum atomic E-state index is 13.4. The Morgan fingerprint density at radius 1 is 1.08 bits per heavy atom. The van der Waals surface area contributed by atoms with Crippen molar-refractivity contribution in [1.82, 2.24) is 15.1 Å². The standard InChI is InChI=1S/C27H34N4O5/c1-29(14-15-30(2)27(34)35)17-20-6-9-22-24(23(20)19-10-12-28-13-11-19)25(32)26(33)31(22)16-18-4-7-21(36-3)8-5-18/h4-9,19,28H,10-17H2,1-3H3,(H,34,35). The van der Waals surface area contributed by atoms with E-state index in [1.807, 2.05) is 43.4 Å². The van der Waals surface area contributed by atoms with Gasteiger partial charge in [0.25, 0.3) is 11.7 Å². The first-order valence-corrected chi connectivity index (χ1v) is 12.3. The number of nitrogens with one attached hydrogen (secondary N) is 1. The predicted molar refractivity (Wildman–Crippen MR) is 137 cm³/mol. The molecule has 0 saturated carbocycles. The molecule has 36 heavy (non-hydrogen) atoms. The van der Waals surface area contributed by atoms with E-state index in [0.717, 1.165) is 48.4 Å². The van der Waals surface area contributed by atoms with Gasteiger partial charge in [-0.1, -0.05) is 18.2 Å². The Balaban J connectivity index is 1.65. The third kappa shape index (κ3) is 5.37. The van der Waals surface area contributed by atoms with Crippen LogP contribution >= 0.6 is 0 Å². The molecule has 2 N–H and O–H groups in total. The fourth-order valence-electron chi connectivity index (χ4n) is 5.03. The lowest BCUT2D eigenvalue weighted by Crippen LogP contribution is -2.34. The number of likely N-dealkylation sites (N-methyl/N-ethyl adjacent to an activating group) is 2. The number of methoxy groups -OCH3 is 1. The predicted octanol–water partition coefficient (Wildman–Crippen LogP) is 2.93. The molecule has 1 saturated heterocycles. The van der Waals surface area contributed by atoms with Gasteiger partial charge >= 0.3 is 6.09 Å². The van der Waals surface area contributed by atoms with E-state index in [2.05, 4.69) is 10.2 Å². The molecule has 0 bridgehead atoms. The number of hydrogen-bond acceptors (Lipinski definition) is 6. The molecule has 0 radical (unpaired) electrons. The van der Waals surface area contributed by atoms with E-state index in [0.29, 0.717) is 37.4 Å². The Bertz CT molecular complexity index is 1130. The fourth-order valence-corrected chi connectivity index (χ4v) is 5.03. The molecule has 2 aliphatic rings. The third-order valence-corrected chi connectivity index (χ3v) is 7.10. The van der Waals surface area contributed by atoms with Gasteiger partial charge < -0.3 is 29.9 Å². The van der Waals surface area contributed by atoms with Crippen LogP contribution in [-0.4, -0.2) is 80.1 Å². The summed E-state index contributed by atoms with van der Waals surface area (Å²) in [7, 11) is 5.10. The number of piperidine rings is 1.